The fourth-order valence-electron chi connectivity index (χ4n) is 4.66. The smallest absolute Gasteiger partial charge is 0.260 e. The van der Waals surface area contributed by atoms with Gasteiger partial charge in [-0.05, 0) is 30.2 Å². The van der Waals surface area contributed by atoms with E-state index in [1.54, 1.807) is 25.2 Å². The van der Waals surface area contributed by atoms with Gasteiger partial charge in [-0.1, -0.05) is 12.1 Å². The van der Waals surface area contributed by atoms with Crippen molar-refractivity contribution in [3.8, 4) is 0 Å². The highest BCUT2D eigenvalue weighted by Gasteiger charge is 2.31. The van der Waals surface area contributed by atoms with Gasteiger partial charge in [0.15, 0.2) is 0 Å². The number of rotatable bonds is 5. The maximum absolute atomic E-state index is 12.6. The largest absolute Gasteiger partial charge is 0.397 e. The first-order valence-corrected chi connectivity index (χ1v) is 12.2. The molecule has 2 amide bonds. The molecule has 0 atom stereocenters. The van der Waals surface area contributed by atoms with Crippen LogP contribution in [0.2, 0.25) is 0 Å². The summed E-state index contributed by atoms with van der Waals surface area (Å²) >= 11 is 1.24. The van der Waals surface area contributed by atoms with Gasteiger partial charge < -0.3 is 26.2 Å². The number of carbonyl (C=O) groups is 2. The highest BCUT2D eigenvalue weighted by molar-refractivity contribution is 7.21. The van der Waals surface area contributed by atoms with Crippen LogP contribution in [0.1, 0.15) is 21.7 Å². The molecule has 0 aliphatic carbocycles. The van der Waals surface area contributed by atoms with E-state index in [0.29, 0.717) is 10.6 Å². The lowest BCUT2D eigenvalue weighted by molar-refractivity contribution is -0.129. The SMILES string of the molecule is BC(B)(C(=O)N(C)C)c1ccc(N2CCCN(c3ccnc4sc(C(N)=O)c(N)c34)CC2)cc1. The molecule has 0 bridgehead atoms. The Morgan fingerprint density at radius 3 is 2.35 bits per heavy atom. The second kappa shape index (κ2) is 9.21. The first-order valence-electron chi connectivity index (χ1n) is 11.4. The number of hydrogen-bond donors (Lipinski definition) is 2. The normalized spacial score (nSPS) is 14.8. The van der Waals surface area contributed by atoms with E-state index in [4.69, 9.17) is 11.5 Å². The van der Waals surface area contributed by atoms with Crippen molar-refractivity contribution in [1.82, 2.24) is 9.88 Å². The molecule has 0 saturated carbocycles. The Labute approximate surface area is 205 Å². The van der Waals surface area contributed by atoms with E-state index in [1.165, 1.54) is 11.3 Å². The molecule has 34 heavy (non-hydrogen) atoms. The molecule has 1 aliphatic heterocycles. The molecular weight excluding hydrogens is 446 g/mol. The number of nitrogens with two attached hydrogens (primary N) is 2. The van der Waals surface area contributed by atoms with Gasteiger partial charge in [-0.25, -0.2) is 4.98 Å². The van der Waals surface area contributed by atoms with Crippen LogP contribution in [-0.2, 0) is 10.0 Å². The van der Waals surface area contributed by atoms with E-state index >= 15 is 0 Å². The first-order chi connectivity index (χ1) is 16.1. The summed E-state index contributed by atoms with van der Waals surface area (Å²) in [5.74, 6) is -0.436. The van der Waals surface area contributed by atoms with E-state index in [9.17, 15) is 9.59 Å². The Kier molecular flexibility index (Phi) is 6.49. The lowest BCUT2D eigenvalue weighted by Crippen LogP contribution is -2.44. The number of carbonyl (C=O) groups excluding carboxylic acids is 2. The quantitative estimate of drug-likeness (QED) is 0.510. The molecule has 4 rings (SSSR count). The number of benzene rings is 1. The number of fused-ring (bicyclic) bond motifs is 1. The van der Waals surface area contributed by atoms with Crippen LogP contribution >= 0.6 is 11.3 Å². The van der Waals surface area contributed by atoms with E-state index in [2.05, 4.69) is 39.0 Å². The summed E-state index contributed by atoms with van der Waals surface area (Å²) in [7, 11) is 7.50. The van der Waals surface area contributed by atoms with Gasteiger partial charge in [-0.3, -0.25) is 9.59 Å². The molecule has 0 spiro atoms. The van der Waals surface area contributed by atoms with Gasteiger partial charge >= 0.3 is 0 Å². The van der Waals surface area contributed by atoms with Crippen LogP contribution in [0, 0.1) is 0 Å². The molecule has 0 radical (unpaired) electrons. The second-order valence-corrected chi connectivity index (χ2v) is 10.4. The Balaban J connectivity index is 1.53. The molecule has 0 unspecified atom stereocenters. The van der Waals surface area contributed by atoms with Crippen LogP contribution in [0.4, 0.5) is 17.1 Å². The Hall–Kier alpha value is -3.20. The predicted molar refractivity (Wildman–Crippen MR) is 145 cm³/mol. The monoisotopic (exact) mass is 476 g/mol. The summed E-state index contributed by atoms with van der Waals surface area (Å²) in [5.41, 5.74) is 15.4. The van der Waals surface area contributed by atoms with Gasteiger partial charge in [0.25, 0.3) is 5.91 Å². The number of thiophene rings is 1. The van der Waals surface area contributed by atoms with Crippen LogP contribution < -0.4 is 21.3 Å². The number of nitrogens with zero attached hydrogens (tertiary/aromatic N) is 4. The van der Waals surface area contributed by atoms with Crippen molar-refractivity contribution in [3.63, 3.8) is 0 Å². The minimum Gasteiger partial charge on any atom is -0.397 e. The molecule has 1 aromatic carbocycles. The van der Waals surface area contributed by atoms with Crippen molar-refractivity contribution in [2.45, 2.75) is 11.6 Å². The van der Waals surface area contributed by atoms with Gasteiger partial charge in [0.1, 0.15) is 25.4 Å². The lowest BCUT2D eigenvalue weighted by atomic mass is 9.50. The lowest BCUT2D eigenvalue weighted by Gasteiger charge is -2.29. The Bertz CT molecular complexity index is 1230. The summed E-state index contributed by atoms with van der Waals surface area (Å²) in [5, 5.41) is 0.237. The number of primary amides is 1. The van der Waals surface area contributed by atoms with Crippen LogP contribution in [0.25, 0.3) is 10.2 Å². The predicted octanol–water partition coefficient (Wildman–Crippen LogP) is 0.201. The van der Waals surface area contributed by atoms with E-state index < -0.39 is 11.1 Å². The summed E-state index contributed by atoms with van der Waals surface area (Å²) in [6.45, 7) is 3.46. The topological polar surface area (TPSA) is 109 Å². The standard InChI is InChI=1S/C23H30B2N6O2S/c1-29(2)22(33)23(24,25)14-4-6-15(7-5-14)30-10-3-11-31(13-12-30)16-8-9-28-21-17(16)18(26)19(34-21)20(27)32/h4-9H,3,10-13,24-26H2,1-2H3,(H2,27,32). The number of anilines is 3. The van der Waals surface area contributed by atoms with Crippen LogP contribution in [0.5, 0.6) is 0 Å². The number of hydrogen-bond acceptors (Lipinski definition) is 7. The summed E-state index contributed by atoms with van der Waals surface area (Å²) in [6.07, 6.45) is 2.74. The molecule has 8 nitrogen and oxygen atoms in total. The molecule has 1 fully saturated rings. The zero-order chi connectivity index (χ0) is 24.6. The third-order valence-corrected chi connectivity index (χ3v) is 7.69. The Morgan fingerprint density at radius 1 is 1.06 bits per heavy atom. The number of amides is 2. The van der Waals surface area contributed by atoms with Crippen LogP contribution in [0.15, 0.2) is 36.5 Å². The fourth-order valence-corrected chi connectivity index (χ4v) is 5.60. The minimum absolute atomic E-state index is 0.0847. The molecule has 11 heteroatoms. The van der Waals surface area contributed by atoms with E-state index in [1.807, 2.05) is 21.8 Å². The van der Waals surface area contributed by atoms with Gasteiger partial charge in [0.05, 0.1) is 16.8 Å². The summed E-state index contributed by atoms with van der Waals surface area (Å²) in [6, 6.07) is 10.3. The van der Waals surface area contributed by atoms with Crippen molar-refractivity contribution in [3.05, 3.63) is 47.0 Å². The molecular formula is C23H30B2N6O2S. The van der Waals surface area contributed by atoms with Crippen molar-refractivity contribution in [2.75, 3.05) is 55.8 Å². The van der Waals surface area contributed by atoms with Crippen molar-refractivity contribution in [1.29, 1.82) is 0 Å². The Morgan fingerprint density at radius 2 is 1.71 bits per heavy atom. The van der Waals surface area contributed by atoms with Crippen molar-refractivity contribution < 1.29 is 9.59 Å². The fraction of sp³-hybridized carbons (Fsp3) is 0.348. The van der Waals surface area contributed by atoms with Gasteiger partial charge in [-0.15, -0.1) is 11.3 Å². The van der Waals surface area contributed by atoms with Crippen LogP contribution in [0.3, 0.4) is 0 Å². The zero-order valence-electron chi connectivity index (χ0n) is 20.2. The average molecular weight is 476 g/mol. The highest BCUT2D eigenvalue weighted by Crippen LogP contribution is 2.38. The van der Waals surface area contributed by atoms with Gasteiger partial charge in [-0.2, -0.15) is 0 Å². The molecule has 4 N–H and O–H groups in total. The number of aromatic nitrogens is 1. The molecule has 1 saturated heterocycles. The van der Waals surface area contributed by atoms with Gasteiger partial charge in [0.2, 0.25) is 5.91 Å². The number of likely N-dealkylation sites (N-methyl/N-ethyl adjacent to an activating group) is 1. The van der Waals surface area contributed by atoms with E-state index in [0.717, 1.165) is 59.8 Å². The molecule has 3 aromatic rings. The number of nitrogen functional groups attached to an aromatic ring is 1. The summed E-state index contributed by atoms with van der Waals surface area (Å²) < 4.78 is 0. The molecule has 3 heterocycles. The van der Waals surface area contributed by atoms with E-state index in [-0.39, 0.29) is 5.91 Å². The minimum atomic E-state index is -0.575. The summed E-state index contributed by atoms with van der Waals surface area (Å²) in [4.78, 5) is 36.2. The third kappa shape index (κ3) is 4.32. The van der Waals surface area contributed by atoms with Crippen molar-refractivity contribution >= 4 is 66.1 Å². The maximum atomic E-state index is 12.6. The zero-order valence-corrected chi connectivity index (χ0v) is 21.0. The first kappa shape index (κ1) is 23.9. The molecule has 176 valence electrons. The van der Waals surface area contributed by atoms with Gasteiger partial charge in [0, 0.05) is 57.4 Å². The molecule has 2 aromatic heterocycles. The second-order valence-electron chi connectivity index (χ2n) is 9.42. The third-order valence-electron chi connectivity index (χ3n) is 6.56. The highest BCUT2D eigenvalue weighted by atomic mass is 32.1. The molecule has 1 aliphatic rings. The van der Waals surface area contributed by atoms with Crippen molar-refractivity contribution in [2.24, 2.45) is 5.73 Å². The number of pyridine rings is 1. The average Bonchev–Trinajstić information content (AvgIpc) is 2.99. The van der Waals surface area contributed by atoms with Crippen LogP contribution in [-0.4, -0.2) is 77.7 Å². The maximum Gasteiger partial charge on any atom is 0.260 e.